The van der Waals surface area contributed by atoms with E-state index in [0.717, 1.165) is 0 Å². The first-order valence-electron chi connectivity index (χ1n) is 8.70. The molecular formula is C20H20N2O6. The van der Waals surface area contributed by atoms with Gasteiger partial charge in [-0.05, 0) is 43.3 Å². The summed E-state index contributed by atoms with van der Waals surface area (Å²) in [4.78, 5) is 35.6. The van der Waals surface area contributed by atoms with E-state index < -0.39 is 24.1 Å². The van der Waals surface area contributed by atoms with Crippen molar-refractivity contribution in [3.8, 4) is 11.5 Å². The maximum Gasteiger partial charge on any atom is 0.351 e. The average molecular weight is 384 g/mol. The second kappa shape index (κ2) is 8.43. The average Bonchev–Trinajstić information content (AvgIpc) is 2.68. The summed E-state index contributed by atoms with van der Waals surface area (Å²) in [6.07, 6.45) is -1.97. The van der Waals surface area contributed by atoms with Gasteiger partial charge in [0.25, 0.3) is 5.91 Å². The zero-order valence-corrected chi connectivity index (χ0v) is 15.4. The molecule has 3 rings (SSSR count). The Labute approximate surface area is 161 Å². The van der Waals surface area contributed by atoms with Crippen LogP contribution in [-0.2, 0) is 19.1 Å². The zero-order valence-electron chi connectivity index (χ0n) is 15.4. The zero-order chi connectivity index (χ0) is 20.1. The van der Waals surface area contributed by atoms with Crippen molar-refractivity contribution < 1.29 is 28.6 Å². The van der Waals surface area contributed by atoms with E-state index in [2.05, 4.69) is 10.6 Å². The molecule has 8 nitrogen and oxygen atoms in total. The smallest absolute Gasteiger partial charge is 0.351 e. The Balaban J connectivity index is 1.52. The van der Waals surface area contributed by atoms with E-state index in [0.29, 0.717) is 22.9 Å². The summed E-state index contributed by atoms with van der Waals surface area (Å²) < 4.78 is 16.3. The van der Waals surface area contributed by atoms with Crippen molar-refractivity contribution in [3.63, 3.8) is 0 Å². The molecule has 0 unspecified atom stereocenters. The topological polar surface area (TPSA) is 103 Å². The fourth-order valence-corrected chi connectivity index (χ4v) is 2.52. The molecule has 2 atom stereocenters. The molecule has 0 saturated heterocycles. The fraction of sp³-hybridized carbons (Fsp3) is 0.250. The number of para-hydroxylation sites is 2. The number of hydrogen-bond donors (Lipinski definition) is 2. The van der Waals surface area contributed by atoms with E-state index in [1.54, 1.807) is 48.5 Å². The highest BCUT2D eigenvalue weighted by molar-refractivity contribution is 5.96. The first-order chi connectivity index (χ1) is 13.4. The predicted octanol–water partition coefficient (Wildman–Crippen LogP) is 2.36. The van der Waals surface area contributed by atoms with Gasteiger partial charge in [0, 0.05) is 18.3 Å². The fourth-order valence-electron chi connectivity index (χ4n) is 2.52. The summed E-state index contributed by atoms with van der Waals surface area (Å²) in [5, 5.41) is 5.28. The van der Waals surface area contributed by atoms with Gasteiger partial charge in [-0.2, -0.15) is 0 Å². The van der Waals surface area contributed by atoms with Gasteiger partial charge >= 0.3 is 5.97 Å². The number of amides is 2. The second-order valence-electron chi connectivity index (χ2n) is 6.19. The van der Waals surface area contributed by atoms with Crippen molar-refractivity contribution in [1.29, 1.82) is 0 Å². The van der Waals surface area contributed by atoms with Crippen LogP contribution in [-0.4, -0.2) is 36.6 Å². The predicted molar refractivity (Wildman–Crippen MR) is 101 cm³/mol. The van der Waals surface area contributed by atoms with Crippen LogP contribution >= 0.6 is 0 Å². The van der Waals surface area contributed by atoms with Crippen LogP contribution in [0.2, 0.25) is 0 Å². The summed E-state index contributed by atoms with van der Waals surface area (Å²) in [5.41, 5.74) is 1.12. The highest BCUT2D eigenvalue weighted by atomic mass is 16.6. The Morgan fingerprint density at radius 2 is 1.61 bits per heavy atom. The molecule has 2 N–H and O–H groups in total. The number of anilines is 2. The van der Waals surface area contributed by atoms with Gasteiger partial charge in [-0.1, -0.05) is 12.1 Å². The Morgan fingerprint density at radius 1 is 1.00 bits per heavy atom. The monoisotopic (exact) mass is 384 g/mol. The highest BCUT2D eigenvalue weighted by Crippen LogP contribution is 2.31. The van der Waals surface area contributed by atoms with Gasteiger partial charge < -0.3 is 24.8 Å². The SMILES string of the molecule is CC(=O)Nc1ccc(NC(=O)[C@H](C)OC(=O)[C@@H]2COc3ccccc3O2)cc1. The van der Waals surface area contributed by atoms with E-state index in [9.17, 15) is 14.4 Å². The van der Waals surface area contributed by atoms with Gasteiger partial charge in [0.15, 0.2) is 17.6 Å². The molecule has 1 aliphatic heterocycles. The number of hydrogen-bond acceptors (Lipinski definition) is 6. The third-order valence-corrected chi connectivity index (χ3v) is 3.91. The van der Waals surface area contributed by atoms with Gasteiger partial charge in [-0.15, -0.1) is 0 Å². The summed E-state index contributed by atoms with van der Waals surface area (Å²) in [6.45, 7) is 2.89. The molecule has 28 heavy (non-hydrogen) atoms. The molecule has 0 radical (unpaired) electrons. The lowest BCUT2D eigenvalue weighted by Crippen LogP contribution is -2.41. The lowest BCUT2D eigenvalue weighted by molar-refractivity contribution is -0.162. The van der Waals surface area contributed by atoms with Gasteiger partial charge in [-0.25, -0.2) is 4.79 Å². The maximum absolute atomic E-state index is 12.3. The Bertz CT molecular complexity index is 881. The van der Waals surface area contributed by atoms with Crippen molar-refractivity contribution >= 4 is 29.2 Å². The van der Waals surface area contributed by atoms with Crippen LogP contribution in [0.5, 0.6) is 11.5 Å². The third-order valence-electron chi connectivity index (χ3n) is 3.91. The normalized spacial score (nSPS) is 15.9. The number of benzene rings is 2. The van der Waals surface area contributed by atoms with Gasteiger partial charge in [0.2, 0.25) is 12.0 Å². The first kappa shape index (κ1) is 19.2. The molecule has 0 saturated carbocycles. The van der Waals surface area contributed by atoms with Gasteiger partial charge in [0.05, 0.1) is 0 Å². The Kier molecular flexibility index (Phi) is 5.78. The van der Waals surface area contributed by atoms with Crippen LogP contribution < -0.4 is 20.1 Å². The third kappa shape index (κ3) is 4.79. The van der Waals surface area contributed by atoms with Crippen molar-refractivity contribution in [2.45, 2.75) is 26.1 Å². The van der Waals surface area contributed by atoms with Crippen molar-refractivity contribution in [2.24, 2.45) is 0 Å². The Hall–Kier alpha value is -3.55. The standard InChI is InChI=1S/C20H20N2O6/c1-12(19(24)22-15-9-7-14(8-10-15)21-13(2)23)27-20(25)18-11-26-16-5-3-4-6-17(16)28-18/h3-10,12,18H,11H2,1-2H3,(H,21,23)(H,22,24)/t12-,18-/m0/s1. The van der Waals surface area contributed by atoms with Crippen molar-refractivity contribution in [3.05, 3.63) is 48.5 Å². The van der Waals surface area contributed by atoms with Gasteiger partial charge in [-0.3, -0.25) is 9.59 Å². The lowest BCUT2D eigenvalue weighted by Gasteiger charge is -2.25. The summed E-state index contributed by atoms with van der Waals surface area (Å²) >= 11 is 0. The molecular weight excluding hydrogens is 364 g/mol. The maximum atomic E-state index is 12.3. The molecule has 2 aromatic rings. The molecule has 0 bridgehead atoms. The van der Waals surface area contributed by atoms with Crippen LogP contribution in [0.25, 0.3) is 0 Å². The molecule has 0 aromatic heterocycles. The molecule has 0 aliphatic carbocycles. The number of carbonyl (C=O) groups is 3. The van der Waals surface area contributed by atoms with E-state index in [1.165, 1.54) is 13.8 Å². The molecule has 0 spiro atoms. The quantitative estimate of drug-likeness (QED) is 0.767. The van der Waals surface area contributed by atoms with E-state index in [1.807, 2.05) is 0 Å². The minimum Gasteiger partial charge on any atom is -0.485 e. The lowest BCUT2D eigenvalue weighted by atomic mass is 10.2. The largest absolute Gasteiger partial charge is 0.485 e. The summed E-state index contributed by atoms with van der Waals surface area (Å²) in [5.74, 6) is -0.350. The number of ether oxygens (including phenoxy) is 3. The molecule has 1 heterocycles. The summed E-state index contributed by atoms with van der Waals surface area (Å²) in [6, 6.07) is 13.6. The van der Waals surface area contributed by atoms with Crippen LogP contribution in [0.15, 0.2) is 48.5 Å². The molecule has 0 fully saturated rings. The van der Waals surface area contributed by atoms with Crippen LogP contribution in [0.4, 0.5) is 11.4 Å². The number of rotatable bonds is 5. The second-order valence-corrected chi connectivity index (χ2v) is 6.19. The highest BCUT2D eigenvalue weighted by Gasteiger charge is 2.31. The number of fused-ring (bicyclic) bond motifs is 1. The first-order valence-corrected chi connectivity index (χ1v) is 8.70. The number of esters is 1. The van der Waals surface area contributed by atoms with Crippen molar-refractivity contribution in [1.82, 2.24) is 0 Å². The number of nitrogens with one attached hydrogen (secondary N) is 2. The van der Waals surface area contributed by atoms with E-state index >= 15 is 0 Å². The number of carbonyl (C=O) groups excluding carboxylic acids is 3. The molecule has 146 valence electrons. The minimum absolute atomic E-state index is 0.00873. The Morgan fingerprint density at radius 3 is 2.25 bits per heavy atom. The van der Waals surface area contributed by atoms with Crippen LogP contribution in [0.3, 0.4) is 0 Å². The minimum atomic E-state index is -1.02. The molecule has 1 aliphatic rings. The van der Waals surface area contributed by atoms with Crippen LogP contribution in [0.1, 0.15) is 13.8 Å². The van der Waals surface area contributed by atoms with E-state index in [-0.39, 0.29) is 12.5 Å². The molecule has 8 heteroatoms. The van der Waals surface area contributed by atoms with E-state index in [4.69, 9.17) is 14.2 Å². The summed E-state index contributed by atoms with van der Waals surface area (Å²) in [7, 11) is 0. The molecule has 2 aromatic carbocycles. The molecule has 2 amide bonds. The van der Waals surface area contributed by atoms with Crippen molar-refractivity contribution in [2.75, 3.05) is 17.2 Å². The van der Waals surface area contributed by atoms with Crippen LogP contribution in [0, 0.1) is 0 Å². The van der Waals surface area contributed by atoms with Gasteiger partial charge in [0.1, 0.15) is 6.61 Å².